The molecule has 0 saturated heterocycles. The van der Waals surface area contributed by atoms with Crippen molar-refractivity contribution in [1.29, 1.82) is 0 Å². The molecule has 0 saturated carbocycles. The molecule has 0 fully saturated rings. The summed E-state index contributed by atoms with van der Waals surface area (Å²) in [5.41, 5.74) is 0.897. The van der Waals surface area contributed by atoms with E-state index < -0.39 is 5.97 Å². The van der Waals surface area contributed by atoms with Gasteiger partial charge in [0.2, 0.25) is 0 Å². The Balaban J connectivity index is 2.14. The van der Waals surface area contributed by atoms with Crippen LogP contribution < -0.4 is 4.74 Å². The topological polar surface area (TPSA) is 59.4 Å². The zero-order chi connectivity index (χ0) is 15.4. The van der Waals surface area contributed by atoms with Gasteiger partial charge >= 0.3 is 5.97 Å². The third-order valence-corrected chi connectivity index (χ3v) is 4.24. The number of ether oxygens (including phenoxy) is 1. The lowest BCUT2D eigenvalue weighted by atomic mass is 10.2. The monoisotopic (exact) mass is 431 g/mol. The first-order chi connectivity index (χ1) is 9.94. The SMILES string of the molecule is Cc1cc(Sc2cc(Br)nc(Br)c2)ccc1OCC(=O)O. The molecule has 0 unspecified atom stereocenters. The highest BCUT2D eigenvalue weighted by atomic mass is 79.9. The molecule has 0 aliphatic rings. The average molecular weight is 433 g/mol. The van der Waals surface area contributed by atoms with Gasteiger partial charge in [0.15, 0.2) is 6.61 Å². The number of rotatable bonds is 5. The predicted molar refractivity (Wildman–Crippen MR) is 88.1 cm³/mol. The van der Waals surface area contributed by atoms with E-state index in [1.54, 1.807) is 17.8 Å². The Hall–Kier alpha value is -1.05. The first-order valence-corrected chi connectivity index (χ1v) is 8.30. The summed E-state index contributed by atoms with van der Waals surface area (Å²) in [6, 6.07) is 9.51. The van der Waals surface area contributed by atoms with E-state index in [4.69, 9.17) is 9.84 Å². The van der Waals surface area contributed by atoms with Crippen molar-refractivity contribution in [3.63, 3.8) is 0 Å². The van der Waals surface area contributed by atoms with E-state index in [1.807, 2.05) is 31.2 Å². The second kappa shape index (κ2) is 7.29. The Labute approximate surface area is 143 Å². The average Bonchev–Trinajstić information content (AvgIpc) is 2.36. The molecule has 1 N–H and O–H groups in total. The number of aryl methyl sites for hydroxylation is 1. The Morgan fingerprint density at radius 1 is 1.24 bits per heavy atom. The van der Waals surface area contributed by atoms with E-state index >= 15 is 0 Å². The van der Waals surface area contributed by atoms with Crippen molar-refractivity contribution in [2.75, 3.05) is 6.61 Å². The molecule has 0 bridgehead atoms. The first kappa shape index (κ1) is 16.3. The fraction of sp³-hybridized carbons (Fsp3) is 0.143. The van der Waals surface area contributed by atoms with Crippen LogP contribution in [0, 0.1) is 6.92 Å². The summed E-state index contributed by atoms with van der Waals surface area (Å²) in [5, 5.41) is 8.62. The molecule has 2 aromatic rings. The summed E-state index contributed by atoms with van der Waals surface area (Å²) >= 11 is 8.30. The number of hydrogen-bond donors (Lipinski definition) is 1. The molecule has 0 radical (unpaired) electrons. The first-order valence-electron chi connectivity index (χ1n) is 5.90. The zero-order valence-corrected chi connectivity index (χ0v) is 15.0. The number of nitrogens with zero attached hydrogens (tertiary/aromatic N) is 1. The molecule has 0 aliphatic carbocycles. The standard InChI is InChI=1S/C14H11Br2NO3S/c1-8-4-9(2-3-11(8)20-7-14(18)19)21-10-5-12(15)17-13(16)6-10/h2-6H,7H2,1H3,(H,18,19). The van der Waals surface area contributed by atoms with Gasteiger partial charge in [-0.15, -0.1) is 0 Å². The van der Waals surface area contributed by atoms with Crippen molar-refractivity contribution in [3.8, 4) is 5.75 Å². The van der Waals surface area contributed by atoms with Crippen molar-refractivity contribution in [2.24, 2.45) is 0 Å². The summed E-state index contributed by atoms with van der Waals surface area (Å²) in [6.45, 7) is 1.55. The van der Waals surface area contributed by atoms with Gasteiger partial charge in [-0.1, -0.05) is 11.8 Å². The smallest absolute Gasteiger partial charge is 0.341 e. The van der Waals surface area contributed by atoms with E-state index in [1.165, 1.54) is 0 Å². The third kappa shape index (κ3) is 5.01. The normalized spacial score (nSPS) is 10.4. The maximum atomic E-state index is 10.5. The summed E-state index contributed by atoms with van der Waals surface area (Å²) in [7, 11) is 0. The summed E-state index contributed by atoms with van der Waals surface area (Å²) in [4.78, 5) is 16.8. The van der Waals surface area contributed by atoms with Crippen LogP contribution in [0.25, 0.3) is 0 Å². The number of carboxylic acid groups (broad SMARTS) is 1. The number of benzene rings is 1. The van der Waals surface area contributed by atoms with Gasteiger partial charge in [0.05, 0.1) is 0 Å². The highest BCUT2D eigenvalue weighted by Gasteiger charge is 2.06. The maximum absolute atomic E-state index is 10.5. The quantitative estimate of drug-likeness (QED) is 0.703. The molecule has 21 heavy (non-hydrogen) atoms. The minimum absolute atomic E-state index is 0.336. The number of hydrogen-bond acceptors (Lipinski definition) is 4. The molecule has 0 spiro atoms. The molecule has 0 amide bonds. The molecular formula is C14H11Br2NO3S. The Morgan fingerprint density at radius 3 is 2.48 bits per heavy atom. The molecule has 110 valence electrons. The fourth-order valence-electron chi connectivity index (χ4n) is 1.62. The van der Waals surface area contributed by atoms with Crippen LogP contribution in [0.2, 0.25) is 0 Å². The molecule has 2 rings (SSSR count). The van der Waals surface area contributed by atoms with Gasteiger partial charge in [-0.2, -0.15) is 0 Å². The van der Waals surface area contributed by atoms with Crippen molar-refractivity contribution < 1.29 is 14.6 Å². The number of halogens is 2. The number of carbonyl (C=O) groups is 1. The Bertz CT molecular complexity index is 659. The number of aromatic nitrogens is 1. The van der Waals surface area contributed by atoms with Crippen molar-refractivity contribution in [3.05, 3.63) is 45.1 Å². The van der Waals surface area contributed by atoms with Crippen LogP contribution in [0.15, 0.2) is 49.3 Å². The van der Waals surface area contributed by atoms with Gasteiger partial charge in [-0.25, -0.2) is 9.78 Å². The van der Waals surface area contributed by atoms with E-state index in [0.717, 1.165) is 24.6 Å². The van der Waals surface area contributed by atoms with Gasteiger partial charge in [-0.3, -0.25) is 0 Å². The zero-order valence-electron chi connectivity index (χ0n) is 11.0. The molecule has 1 aromatic carbocycles. The number of carboxylic acids is 1. The largest absolute Gasteiger partial charge is 0.482 e. The van der Waals surface area contributed by atoms with Crippen LogP contribution >= 0.6 is 43.6 Å². The molecule has 0 aliphatic heterocycles. The third-order valence-electron chi connectivity index (χ3n) is 2.47. The van der Waals surface area contributed by atoms with E-state index in [9.17, 15) is 4.79 Å². The van der Waals surface area contributed by atoms with Crippen molar-refractivity contribution in [2.45, 2.75) is 16.7 Å². The van der Waals surface area contributed by atoms with Crippen LogP contribution in [0.5, 0.6) is 5.75 Å². The Kier molecular flexibility index (Phi) is 5.66. The molecular weight excluding hydrogens is 422 g/mol. The minimum atomic E-state index is -0.987. The van der Waals surface area contributed by atoms with Crippen LogP contribution in [0.3, 0.4) is 0 Å². The lowest BCUT2D eigenvalue weighted by Crippen LogP contribution is -2.09. The van der Waals surface area contributed by atoms with Crippen LogP contribution in [0.1, 0.15) is 5.56 Å². The maximum Gasteiger partial charge on any atom is 0.341 e. The molecule has 4 nitrogen and oxygen atoms in total. The summed E-state index contributed by atoms with van der Waals surface area (Å²) in [5.74, 6) is -0.404. The predicted octanol–water partition coefficient (Wildman–Crippen LogP) is 4.53. The van der Waals surface area contributed by atoms with Gasteiger partial charge in [0.1, 0.15) is 15.0 Å². The molecule has 1 aromatic heterocycles. The van der Waals surface area contributed by atoms with Crippen LogP contribution in [-0.2, 0) is 4.79 Å². The second-order valence-corrected chi connectivity index (χ2v) is 6.93. The van der Waals surface area contributed by atoms with Gasteiger partial charge < -0.3 is 9.84 Å². The summed E-state index contributed by atoms with van der Waals surface area (Å²) < 4.78 is 6.73. The van der Waals surface area contributed by atoms with E-state index in [0.29, 0.717) is 5.75 Å². The molecule has 0 atom stereocenters. The fourth-order valence-corrected chi connectivity index (χ4v) is 4.03. The lowest BCUT2D eigenvalue weighted by Gasteiger charge is -2.09. The van der Waals surface area contributed by atoms with E-state index in [-0.39, 0.29) is 6.61 Å². The van der Waals surface area contributed by atoms with Gasteiger partial charge in [0, 0.05) is 9.79 Å². The minimum Gasteiger partial charge on any atom is -0.482 e. The number of aliphatic carboxylic acids is 1. The lowest BCUT2D eigenvalue weighted by molar-refractivity contribution is -0.139. The second-order valence-electron chi connectivity index (χ2n) is 4.16. The van der Waals surface area contributed by atoms with E-state index in [2.05, 4.69) is 36.8 Å². The van der Waals surface area contributed by atoms with Crippen LogP contribution in [0.4, 0.5) is 0 Å². The summed E-state index contributed by atoms with van der Waals surface area (Å²) in [6.07, 6.45) is 0. The number of pyridine rings is 1. The van der Waals surface area contributed by atoms with Crippen molar-refractivity contribution in [1.82, 2.24) is 4.98 Å². The highest BCUT2D eigenvalue weighted by molar-refractivity contribution is 9.11. The van der Waals surface area contributed by atoms with Gasteiger partial charge in [-0.05, 0) is 74.7 Å². The van der Waals surface area contributed by atoms with Gasteiger partial charge in [0.25, 0.3) is 0 Å². The molecule has 1 heterocycles. The van der Waals surface area contributed by atoms with Crippen LogP contribution in [-0.4, -0.2) is 22.7 Å². The Morgan fingerprint density at radius 2 is 1.90 bits per heavy atom. The highest BCUT2D eigenvalue weighted by Crippen LogP contribution is 2.33. The van der Waals surface area contributed by atoms with Crippen molar-refractivity contribution >= 4 is 49.6 Å². The molecule has 7 heteroatoms.